The topological polar surface area (TPSA) is 180 Å². The van der Waals surface area contributed by atoms with Crippen LogP contribution in [0.5, 0.6) is 0 Å². The van der Waals surface area contributed by atoms with E-state index in [1.807, 2.05) is 86.3 Å². The Balaban J connectivity index is 1.34. The van der Waals surface area contributed by atoms with Crippen LogP contribution in [0.4, 0.5) is 0 Å². The minimum atomic E-state index is -1.32. The number of thioether (sulfide) groups is 1. The number of nitrogens with two attached hydrogens (primary N) is 1. The molecule has 2 aromatic carbocycles. The number of aliphatic hydroxyl groups is 1. The van der Waals surface area contributed by atoms with Crippen LogP contribution in [-0.4, -0.2) is 91.7 Å². The Morgan fingerprint density at radius 1 is 0.962 bits per heavy atom. The molecule has 0 spiro atoms. The summed E-state index contributed by atoms with van der Waals surface area (Å²) in [7, 11) is 0. The molecule has 1 aliphatic heterocycles. The number of para-hydroxylation sites is 1. The molecule has 12 nitrogen and oxygen atoms in total. The normalized spacial score (nSPS) is 18.2. The first-order valence-corrected chi connectivity index (χ1v) is 18.3. The Bertz CT molecular complexity index is 1840. The Morgan fingerprint density at radius 2 is 1.67 bits per heavy atom. The van der Waals surface area contributed by atoms with Crippen molar-refractivity contribution in [1.82, 2.24) is 30.8 Å². The van der Waals surface area contributed by atoms with Gasteiger partial charge in [-0.2, -0.15) is 0 Å². The van der Waals surface area contributed by atoms with E-state index in [1.165, 1.54) is 0 Å². The number of hydrogen-bond acceptors (Lipinski definition) is 9. The monoisotopic (exact) mass is 725 g/mol. The molecule has 0 saturated carbocycles. The summed E-state index contributed by atoms with van der Waals surface area (Å²) in [5.41, 5.74) is 6.60. The number of hydrogen-bond donors (Lipinski definition) is 5. The van der Waals surface area contributed by atoms with Gasteiger partial charge in [-0.15, -0.1) is 11.8 Å². The zero-order valence-electron chi connectivity index (χ0n) is 29.7. The molecule has 52 heavy (non-hydrogen) atoms. The quantitative estimate of drug-likeness (QED) is 0.131. The van der Waals surface area contributed by atoms with Gasteiger partial charge >= 0.3 is 0 Å². The Hall–Kier alpha value is -4.85. The lowest BCUT2D eigenvalue weighted by molar-refractivity contribution is -0.130. The first kappa shape index (κ1) is 38.4. The Kier molecular flexibility index (Phi) is 13.0. The number of β-amino-alcohol motifs (C(OH)–C–C–N with tert-alkyl or cyclic N) is 1. The molecule has 4 aromatic rings. The molecule has 0 aliphatic carbocycles. The largest absolute Gasteiger partial charge is 0.390 e. The summed E-state index contributed by atoms with van der Waals surface area (Å²) in [5, 5.41) is 21.5. The smallest absolute Gasteiger partial charge is 0.270 e. The van der Waals surface area contributed by atoms with Gasteiger partial charge in [0.2, 0.25) is 17.7 Å². The highest BCUT2D eigenvalue weighted by molar-refractivity contribution is 8.00. The number of nitrogens with zero attached hydrogens (tertiary/aromatic N) is 3. The van der Waals surface area contributed by atoms with Crippen molar-refractivity contribution < 1.29 is 24.3 Å². The highest BCUT2D eigenvalue weighted by Crippen LogP contribution is 2.33. The first-order valence-electron chi connectivity index (χ1n) is 17.4. The molecule has 1 aliphatic rings. The van der Waals surface area contributed by atoms with Crippen LogP contribution in [0.2, 0.25) is 0 Å². The average Bonchev–Trinajstić information content (AvgIpc) is 3.11. The number of carbonyl (C=O) groups excluding carboxylic acids is 4. The van der Waals surface area contributed by atoms with Crippen LogP contribution < -0.4 is 21.7 Å². The lowest BCUT2D eigenvalue weighted by Crippen LogP contribution is -2.60. The van der Waals surface area contributed by atoms with E-state index in [4.69, 9.17) is 5.73 Å². The van der Waals surface area contributed by atoms with Crippen molar-refractivity contribution in [3.63, 3.8) is 0 Å². The molecule has 6 N–H and O–H groups in total. The summed E-state index contributed by atoms with van der Waals surface area (Å²) in [4.78, 5) is 64.5. The van der Waals surface area contributed by atoms with Crippen LogP contribution in [0.15, 0.2) is 96.2 Å². The molecule has 1 fully saturated rings. The van der Waals surface area contributed by atoms with Crippen molar-refractivity contribution in [3.8, 4) is 0 Å². The van der Waals surface area contributed by atoms with Gasteiger partial charge in [0.05, 0.1) is 30.1 Å². The van der Waals surface area contributed by atoms with Gasteiger partial charge in [0.25, 0.3) is 5.91 Å². The molecule has 0 radical (unpaired) electrons. The number of likely N-dealkylation sites (tertiary alicyclic amines) is 1. The molecule has 5 rings (SSSR count). The highest BCUT2D eigenvalue weighted by atomic mass is 32.2. The van der Waals surface area contributed by atoms with E-state index >= 15 is 0 Å². The van der Waals surface area contributed by atoms with Gasteiger partial charge in [-0.1, -0.05) is 54.6 Å². The Labute approximate surface area is 308 Å². The molecule has 4 amide bonds. The molecule has 0 bridgehead atoms. The summed E-state index contributed by atoms with van der Waals surface area (Å²) in [6, 6.07) is 21.2. The second-order valence-corrected chi connectivity index (χ2v) is 15.5. The number of benzene rings is 2. The first-order chi connectivity index (χ1) is 24.8. The number of carbonyl (C=O) groups is 4. The summed E-state index contributed by atoms with van der Waals surface area (Å²) in [5.74, 6) is -2.24. The lowest BCUT2D eigenvalue weighted by Gasteiger charge is -2.41. The summed E-state index contributed by atoms with van der Waals surface area (Å²) >= 11 is 1.71. The van der Waals surface area contributed by atoms with E-state index in [9.17, 15) is 24.3 Å². The number of amides is 4. The van der Waals surface area contributed by atoms with Crippen molar-refractivity contribution >= 4 is 46.3 Å². The minimum Gasteiger partial charge on any atom is -0.390 e. The molecule has 13 heteroatoms. The van der Waals surface area contributed by atoms with Crippen molar-refractivity contribution in [3.05, 3.63) is 103 Å². The number of pyridine rings is 2. The second kappa shape index (κ2) is 17.6. The van der Waals surface area contributed by atoms with E-state index in [0.717, 1.165) is 22.3 Å². The fourth-order valence-electron chi connectivity index (χ4n) is 6.28. The van der Waals surface area contributed by atoms with E-state index < -0.39 is 53.9 Å². The predicted molar refractivity (Wildman–Crippen MR) is 201 cm³/mol. The van der Waals surface area contributed by atoms with Crippen LogP contribution in [0, 0.1) is 0 Å². The van der Waals surface area contributed by atoms with Crippen molar-refractivity contribution in [2.45, 2.75) is 86.4 Å². The molecule has 0 unspecified atom stereocenters. The fourth-order valence-corrected chi connectivity index (χ4v) is 7.44. The maximum absolute atomic E-state index is 13.9. The van der Waals surface area contributed by atoms with E-state index in [2.05, 4.69) is 25.9 Å². The van der Waals surface area contributed by atoms with Crippen LogP contribution in [0.1, 0.15) is 56.1 Å². The number of rotatable bonds is 14. The summed E-state index contributed by atoms with van der Waals surface area (Å²) in [6.45, 7) is 6.43. The fraction of sp³-hybridized carbons (Fsp3) is 0.385. The zero-order valence-corrected chi connectivity index (χ0v) is 30.5. The van der Waals surface area contributed by atoms with Crippen LogP contribution in [-0.2, 0) is 20.8 Å². The van der Waals surface area contributed by atoms with E-state index in [-0.39, 0.29) is 29.8 Å². The van der Waals surface area contributed by atoms with Gasteiger partial charge in [-0.05, 0) is 69.9 Å². The molecule has 5 atom stereocenters. The van der Waals surface area contributed by atoms with Gasteiger partial charge in [0, 0.05) is 46.6 Å². The van der Waals surface area contributed by atoms with Crippen LogP contribution in [0.25, 0.3) is 10.9 Å². The number of primary amides is 1. The highest BCUT2D eigenvalue weighted by Gasteiger charge is 2.38. The Morgan fingerprint density at radius 3 is 2.38 bits per heavy atom. The molecule has 2 aromatic heterocycles. The molecule has 3 heterocycles. The third-order valence-corrected chi connectivity index (χ3v) is 10.1. The van der Waals surface area contributed by atoms with Gasteiger partial charge in [0.15, 0.2) is 0 Å². The SMILES string of the molecule is CC(C)(C)NC(=O)[C@@H]1C[C@H](Sc2ccncc2)CCN1C[C@H](O)[C@H](Cc1ccccc1)NC(=O)[C@H](CC(N)=O)NC(=O)c1ccc2ccccc2n1. The number of aromatic nitrogens is 2. The maximum Gasteiger partial charge on any atom is 0.270 e. The number of aliphatic hydroxyl groups excluding tert-OH is 1. The summed E-state index contributed by atoms with van der Waals surface area (Å²) in [6.07, 6.45) is 3.51. The maximum atomic E-state index is 13.9. The van der Waals surface area contributed by atoms with Crippen LogP contribution >= 0.6 is 11.8 Å². The standard InChI is InChI=1S/C39H47N7O5S/c1-39(2,3)45-38(51)33-22-28(52-27-15-18-41-19-16-27)17-20-46(33)24-34(47)31(21-25-9-5-4-6-10-25)43-37(50)32(23-35(40)48)44-36(49)30-14-13-26-11-7-8-12-29(26)42-30/h4-16,18-19,28,31-34,47H,17,20-24H2,1-3H3,(H2,40,48)(H,43,50)(H,44,49)(H,45,51)/t28-,31+,32+,33+,34+/m1/s1. The zero-order chi connectivity index (χ0) is 37.3. The lowest BCUT2D eigenvalue weighted by atomic mass is 9.96. The van der Waals surface area contributed by atoms with Crippen molar-refractivity contribution in [2.75, 3.05) is 13.1 Å². The van der Waals surface area contributed by atoms with Crippen molar-refractivity contribution in [2.24, 2.45) is 5.73 Å². The molecule has 1 saturated heterocycles. The number of nitrogens with one attached hydrogen (secondary N) is 3. The number of piperidine rings is 1. The van der Waals surface area contributed by atoms with Gasteiger partial charge < -0.3 is 26.8 Å². The minimum absolute atomic E-state index is 0.0758. The molecular formula is C39H47N7O5S. The average molecular weight is 726 g/mol. The predicted octanol–water partition coefficient (Wildman–Crippen LogP) is 3.23. The van der Waals surface area contributed by atoms with Crippen molar-refractivity contribution in [1.29, 1.82) is 0 Å². The second-order valence-electron chi connectivity index (χ2n) is 14.2. The van der Waals surface area contributed by atoms with E-state index in [1.54, 1.807) is 42.4 Å². The number of fused-ring (bicyclic) bond motifs is 1. The van der Waals surface area contributed by atoms with Crippen LogP contribution in [0.3, 0.4) is 0 Å². The van der Waals surface area contributed by atoms with Gasteiger partial charge in [-0.3, -0.25) is 29.1 Å². The summed E-state index contributed by atoms with van der Waals surface area (Å²) < 4.78 is 0. The van der Waals surface area contributed by atoms with Gasteiger partial charge in [-0.25, -0.2) is 4.98 Å². The third-order valence-electron chi connectivity index (χ3n) is 8.79. The van der Waals surface area contributed by atoms with Gasteiger partial charge in [0.1, 0.15) is 11.7 Å². The third kappa shape index (κ3) is 11.1. The molecular weight excluding hydrogens is 679 g/mol. The molecule has 274 valence electrons. The van der Waals surface area contributed by atoms with E-state index in [0.29, 0.717) is 18.5 Å².